The Kier molecular flexibility index (Phi) is 8.51. The van der Waals surface area contributed by atoms with Crippen LogP contribution >= 0.6 is 0 Å². The highest BCUT2D eigenvalue weighted by Crippen LogP contribution is 2.42. The molecule has 0 atom stereocenters. The average Bonchev–Trinajstić information content (AvgIpc) is 3.29. The first-order chi connectivity index (χ1) is 27.8. The molecule has 0 fully saturated rings. The van der Waals surface area contributed by atoms with E-state index in [1.807, 2.05) is 18.2 Å². The van der Waals surface area contributed by atoms with Crippen LogP contribution < -0.4 is 0 Å². The minimum atomic E-state index is 0.663. The molecule has 0 bridgehead atoms. The number of aromatic nitrogens is 3. The van der Waals surface area contributed by atoms with Crippen LogP contribution in [0.2, 0.25) is 0 Å². The maximum Gasteiger partial charge on any atom is 0.160 e. The van der Waals surface area contributed by atoms with Gasteiger partial charge in [-0.2, -0.15) is 0 Å². The van der Waals surface area contributed by atoms with Crippen molar-refractivity contribution >= 4 is 21.7 Å². The fourth-order valence-electron chi connectivity index (χ4n) is 7.78. The Labute approximate surface area is 326 Å². The lowest BCUT2D eigenvalue weighted by Crippen LogP contribution is -1.98. The second-order valence-corrected chi connectivity index (χ2v) is 14.0. The molecule has 262 valence electrons. The Morgan fingerprint density at radius 2 is 0.732 bits per heavy atom. The third-order valence-electron chi connectivity index (χ3n) is 10.5. The Morgan fingerprint density at radius 1 is 0.268 bits per heavy atom. The molecule has 56 heavy (non-hydrogen) atoms. The van der Waals surface area contributed by atoms with E-state index >= 15 is 0 Å². The summed E-state index contributed by atoms with van der Waals surface area (Å²) in [5.74, 6) is 0.663. The van der Waals surface area contributed by atoms with Crippen LogP contribution in [0.1, 0.15) is 0 Å². The first kappa shape index (κ1) is 33.1. The fraction of sp³-hybridized carbons (Fsp3) is 0. The molecule has 0 saturated heterocycles. The summed E-state index contributed by atoms with van der Waals surface area (Å²) in [6, 6.07) is 74.5. The van der Waals surface area contributed by atoms with Crippen molar-refractivity contribution in [2.45, 2.75) is 0 Å². The van der Waals surface area contributed by atoms with E-state index in [4.69, 9.17) is 15.0 Å². The van der Waals surface area contributed by atoms with Crippen LogP contribution in [0.4, 0.5) is 0 Å². The zero-order valence-electron chi connectivity index (χ0n) is 30.5. The number of rotatable bonds is 7. The number of fused-ring (bicyclic) bond motifs is 3. The van der Waals surface area contributed by atoms with Gasteiger partial charge in [-0.15, -0.1) is 0 Å². The number of nitrogens with zero attached hydrogens (tertiary/aromatic N) is 3. The molecule has 2 aromatic heterocycles. The van der Waals surface area contributed by atoms with Gasteiger partial charge in [0, 0.05) is 38.4 Å². The fourth-order valence-corrected chi connectivity index (χ4v) is 7.78. The summed E-state index contributed by atoms with van der Waals surface area (Å²) >= 11 is 0. The van der Waals surface area contributed by atoms with E-state index in [2.05, 4.69) is 194 Å². The van der Waals surface area contributed by atoms with Gasteiger partial charge in [-0.05, 0) is 57.6 Å². The van der Waals surface area contributed by atoms with Gasteiger partial charge >= 0.3 is 0 Å². The molecule has 8 aromatic carbocycles. The summed E-state index contributed by atoms with van der Waals surface area (Å²) in [7, 11) is 0. The number of benzene rings is 8. The standard InChI is InChI=1S/C53H35N3/c1-6-18-36(19-7-1)41-32-42(37-20-8-2-9-21-37)34-43(33-41)48-35-49(55-53(54-48)40-26-14-5-15-27-40)45-29-17-31-47-50-44(38-22-10-3-11-23-38)28-16-30-46(50)51(56-52(45)47)39-24-12-4-13-25-39/h1-35H. The van der Waals surface area contributed by atoms with Gasteiger partial charge in [-0.3, -0.25) is 0 Å². The van der Waals surface area contributed by atoms with Crippen LogP contribution in [0.5, 0.6) is 0 Å². The minimum Gasteiger partial charge on any atom is -0.246 e. The molecule has 0 unspecified atom stereocenters. The number of hydrogen-bond donors (Lipinski definition) is 0. The zero-order valence-corrected chi connectivity index (χ0v) is 30.5. The van der Waals surface area contributed by atoms with Gasteiger partial charge in [-0.25, -0.2) is 15.0 Å². The number of hydrogen-bond acceptors (Lipinski definition) is 3. The molecule has 0 aliphatic carbocycles. The highest BCUT2D eigenvalue weighted by molar-refractivity contribution is 6.19. The highest BCUT2D eigenvalue weighted by Gasteiger charge is 2.19. The Bertz CT molecular complexity index is 2920. The molecule has 3 heteroatoms. The van der Waals surface area contributed by atoms with Crippen LogP contribution in [0.15, 0.2) is 212 Å². The maximum atomic E-state index is 5.54. The molecule has 10 rings (SSSR count). The molecule has 3 nitrogen and oxygen atoms in total. The summed E-state index contributed by atoms with van der Waals surface area (Å²) in [6.07, 6.45) is 0. The Hall–Kier alpha value is -7.49. The molecule has 0 spiro atoms. The van der Waals surface area contributed by atoms with Crippen molar-refractivity contribution in [2.75, 3.05) is 0 Å². The Morgan fingerprint density at radius 3 is 1.32 bits per heavy atom. The lowest BCUT2D eigenvalue weighted by atomic mass is 9.91. The lowest BCUT2D eigenvalue weighted by molar-refractivity contribution is 1.18. The highest BCUT2D eigenvalue weighted by atomic mass is 14.9. The first-order valence-corrected chi connectivity index (χ1v) is 18.9. The van der Waals surface area contributed by atoms with E-state index in [1.165, 1.54) is 16.5 Å². The first-order valence-electron chi connectivity index (χ1n) is 18.9. The molecule has 0 saturated carbocycles. The largest absolute Gasteiger partial charge is 0.246 e. The lowest BCUT2D eigenvalue weighted by Gasteiger charge is -2.17. The molecule has 0 radical (unpaired) electrons. The van der Waals surface area contributed by atoms with Crippen molar-refractivity contribution in [3.63, 3.8) is 0 Å². The third-order valence-corrected chi connectivity index (χ3v) is 10.5. The predicted molar refractivity (Wildman–Crippen MR) is 233 cm³/mol. The van der Waals surface area contributed by atoms with Gasteiger partial charge in [-0.1, -0.05) is 188 Å². The van der Waals surface area contributed by atoms with Crippen molar-refractivity contribution in [2.24, 2.45) is 0 Å². The van der Waals surface area contributed by atoms with Crippen molar-refractivity contribution in [1.29, 1.82) is 0 Å². The van der Waals surface area contributed by atoms with Crippen LogP contribution in [0.25, 0.3) is 100 Å². The van der Waals surface area contributed by atoms with E-state index in [1.54, 1.807) is 0 Å². The molecule has 0 N–H and O–H groups in total. The van der Waals surface area contributed by atoms with Crippen LogP contribution in [-0.2, 0) is 0 Å². The van der Waals surface area contributed by atoms with Crippen LogP contribution in [0.3, 0.4) is 0 Å². The van der Waals surface area contributed by atoms with Crippen LogP contribution in [0, 0.1) is 0 Å². The van der Waals surface area contributed by atoms with Crippen LogP contribution in [-0.4, -0.2) is 15.0 Å². The monoisotopic (exact) mass is 713 g/mol. The number of pyridine rings is 1. The van der Waals surface area contributed by atoms with Gasteiger partial charge in [0.05, 0.1) is 22.6 Å². The summed E-state index contributed by atoms with van der Waals surface area (Å²) in [5, 5.41) is 3.36. The number of para-hydroxylation sites is 1. The molecular weight excluding hydrogens is 679 g/mol. The Balaban J connectivity index is 1.26. The van der Waals surface area contributed by atoms with Gasteiger partial charge in [0.25, 0.3) is 0 Å². The van der Waals surface area contributed by atoms with E-state index in [-0.39, 0.29) is 0 Å². The van der Waals surface area contributed by atoms with Gasteiger partial charge in [0.1, 0.15) is 0 Å². The van der Waals surface area contributed by atoms with E-state index in [9.17, 15) is 0 Å². The molecule has 2 heterocycles. The molecule has 10 aromatic rings. The predicted octanol–water partition coefficient (Wildman–Crippen LogP) is 13.8. The van der Waals surface area contributed by atoms with Crippen molar-refractivity contribution in [3.05, 3.63) is 212 Å². The third kappa shape index (κ3) is 6.21. The van der Waals surface area contributed by atoms with Gasteiger partial charge < -0.3 is 0 Å². The molecule has 0 aliphatic heterocycles. The molecule has 0 amide bonds. The summed E-state index contributed by atoms with van der Waals surface area (Å²) < 4.78 is 0. The quantitative estimate of drug-likeness (QED) is 0.154. The second-order valence-electron chi connectivity index (χ2n) is 14.0. The van der Waals surface area contributed by atoms with Gasteiger partial charge in [0.2, 0.25) is 0 Å². The summed E-state index contributed by atoms with van der Waals surface area (Å²) in [5.41, 5.74) is 14.4. The SMILES string of the molecule is c1ccc(-c2cc(-c3ccccc3)cc(-c3cc(-c4cccc5c4nc(-c4ccccc4)c4cccc(-c6ccccc6)c45)nc(-c4ccccc4)n3)c2)cc1. The normalized spacial score (nSPS) is 11.2. The van der Waals surface area contributed by atoms with E-state index in [0.29, 0.717) is 5.82 Å². The zero-order chi connectivity index (χ0) is 37.3. The summed E-state index contributed by atoms with van der Waals surface area (Å²) in [4.78, 5) is 16.1. The molecular formula is C53H35N3. The van der Waals surface area contributed by atoms with E-state index < -0.39 is 0 Å². The van der Waals surface area contributed by atoms with Gasteiger partial charge in [0.15, 0.2) is 5.82 Å². The van der Waals surface area contributed by atoms with Crippen molar-refractivity contribution < 1.29 is 0 Å². The van der Waals surface area contributed by atoms with Crippen molar-refractivity contribution in [1.82, 2.24) is 15.0 Å². The second kappa shape index (κ2) is 14.4. The molecule has 0 aliphatic rings. The minimum absolute atomic E-state index is 0.663. The van der Waals surface area contributed by atoms with Crippen molar-refractivity contribution in [3.8, 4) is 78.5 Å². The topological polar surface area (TPSA) is 38.7 Å². The van der Waals surface area contributed by atoms with E-state index in [0.717, 1.165) is 77.9 Å². The summed E-state index contributed by atoms with van der Waals surface area (Å²) in [6.45, 7) is 0. The smallest absolute Gasteiger partial charge is 0.160 e. The maximum absolute atomic E-state index is 5.54. The average molecular weight is 714 g/mol.